The van der Waals surface area contributed by atoms with Gasteiger partial charge in [0.15, 0.2) is 0 Å². The highest BCUT2D eigenvalue weighted by atomic mass is 79.9. The Bertz CT molecular complexity index is 356. The first-order valence-corrected chi connectivity index (χ1v) is 6.57. The molecule has 0 N–H and O–H groups in total. The monoisotopic (exact) mass is 305 g/mol. The summed E-state index contributed by atoms with van der Waals surface area (Å²) in [6, 6.07) is 1.94. The van der Waals surface area contributed by atoms with Crippen molar-refractivity contribution in [1.29, 1.82) is 0 Å². The molecule has 3 nitrogen and oxygen atoms in total. The topological polar surface area (TPSA) is 31.4 Å². The van der Waals surface area contributed by atoms with Gasteiger partial charge in [-0.3, -0.25) is 0 Å². The van der Waals surface area contributed by atoms with E-state index in [1.807, 2.05) is 6.07 Å². The van der Waals surface area contributed by atoms with Crippen LogP contribution in [0.25, 0.3) is 0 Å². The number of pyridine rings is 1. The van der Waals surface area contributed by atoms with Gasteiger partial charge in [0, 0.05) is 29.1 Å². The predicted molar refractivity (Wildman–Crippen MR) is 66.0 cm³/mol. The molecule has 2 heterocycles. The molecular formula is C11H13BrClNO2. The van der Waals surface area contributed by atoms with Crippen molar-refractivity contribution in [3.8, 4) is 5.88 Å². The van der Waals surface area contributed by atoms with Gasteiger partial charge in [-0.1, -0.05) is 0 Å². The summed E-state index contributed by atoms with van der Waals surface area (Å²) in [6.45, 7) is 1.52. The third-order valence-electron chi connectivity index (χ3n) is 2.48. The average Bonchev–Trinajstić information content (AvgIpc) is 2.33. The van der Waals surface area contributed by atoms with Crippen molar-refractivity contribution in [3.05, 3.63) is 22.3 Å². The molecule has 1 aliphatic rings. The molecule has 88 valence electrons. The molecule has 2 rings (SSSR count). The number of alkyl halides is 1. The van der Waals surface area contributed by atoms with Gasteiger partial charge in [0.25, 0.3) is 0 Å². The van der Waals surface area contributed by atoms with E-state index in [1.54, 1.807) is 6.20 Å². The molecule has 1 fully saturated rings. The predicted octanol–water partition coefficient (Wildman–Crippen LogP) is 3.14. The minimum Gasteiger partial charge on any atom is -0.474 e. The second kappa shape index (κ2) is 5.84. The first kappa shape index (κ1) is 12.1. The number of hydrogen-bond donors (Lipinski definition) is 0. The van der Waals surface area contributed by atoms with E-state index in [-0.39, 0.29) is 6.10 Å². The zero-order valence-corrected chi connectivity index (χ0v) is 11.1. The molecule has 0 aromatic carbocycles. The summed E-state index contributed by atoms with van der Waals surface area (Å²) < 4.78 is 12.0. The Balaban J connectivity index is 2.07. The van der Waals surface area contributed by atoms with E-state index in [1.165, 1.54) is 0 Å². The zero-order chi connectivity index (χ0) is 11.4. The van der Waals surface area contributed by atoms with Crippen molar-refractivity contribution >= 4 is 27.5 Å². The minimum atomic E-state index is 0.199. The van der Waals surface area contributed by atoms with Crippen LogP contribution in [-0.2, 0) is 10.6 Å². The molecule has 16 heavy (non-hydrogen) atoms. The highest BCUT2D eigenvalue weighted by Crippen LogP contribution is 2.24. The van der Waals surface area contributed by atoms with Crippen LogP contribution < -0.4 is 4.74 Å². The van der Waals surface area contributed by atoms with E-state index in [4.69, 9.17) is 21.1 Å². The van der Waals surface area contributed by atoms with Gasteiger partial charge in [0.05, 0.1) is 19.1 Å². The van der Waals surface area contributed by atoms with Crippen LogP contribution in [0.5, 0.6) is 5.88 Å². The lowest BCUT2D eigenvalue weighted by atomic mass is 10.1. The summed E-state index contributed by atoms with van der Waals surface area (Å²) in [5, 5.41) is 0. The smallest absolute Gasteiger partial charge is 0.218 e. The Kier molecular flexibility index (Phi) is 4.44. The van der Waals surface area contributed by atoms with E-state index in [2.05, 4.69) is 20.9 Å². The second-order valence-electron chi connectivity index (χ2n) is 3.68. The van der Waals surface area contributed by atoms with Gasteiger partial charge in [-0.15, -0.1) is 11.6 Å². The van der Waals surface area contributed by atoms with E-state index >= 15 is 0 Å². The van der Waals surface area contributed by atoms with Crippen LogP contribution in [0.4, 0.5) is 0 Å². The number of hydrogen-bond acceptors (Lipinski definition) is 3. The van der Waals surface area contributed by atoms with E-state index in [0.29, 0.717) is 11.8 Å². The summed E-state index contributed by atoms with van der Waals surface area (Å²) in [6.07, 6.45) is 3.76. The molecule has 1 aromatic rings. The van der Waals surface area contributed by atoms with Gasteiger partial charge in [-0.2, -0.15) is 0 Å². The van der Waals surface area contributed by atoms with Gasteiger partial charge >= 0.3 is 0 Å². The van der Waals surface area contributed by atoms with E-state index in [9.17, 15) is 0 Å². The maximum absolute atomic E-state index is 5.86. The highest BCUT2D eigenvalue weighted by Gasteiger charge is 2.17. The molecule has 0 aliphatic carbocycles. The van der Waals surface area contributed by atoms with Gasteiger partial charge in [0.2, 0.25) is 5.88 Å². The summed E-state index contributed by atoms with van der Waals surface area (Å²) in [5.41, 5.74) is 0.919. The van der Waals surface area contributed by atoms with Crippen molar-refractivity contribution in [2.24, 2.45) is 0 Å². The second-order valence-corrected chi connectivity index (χ2v) is 4.86. The SMILES string of the molecule is ClCc1cc(Br)cnc1OC1CCOCC1. The first-order valence-electron chi connectivity index (χ1n) is 5.24. The van der Waals surface area contributed by atoms with Gasteiger partial charge < -0.3 is 9.47 Å². The molecule has 0 unspecified atom stereocenters. The van der Waals surface area contributed by atoms with Gasteiger partial charge in [-0.05, 0) is 22.0 Å². The fourth-order valence-corrected chi connectivity index (χ4v) is 2.19. The lowest BCUT2D eigenvalue weighted by molar-refractivity contribution is 0.0234. The van der Waals surface area contributed by atoms with Crippen molar-refractivity contribution in [3.63, 3.8) is 0 Å². The van der Waals surface area contributed by atoms with Crippen LogP contribution in [0.3, 0.4) is 0 Å². The van der Waals surface area contributed by atoms with Crippen LogP contribution in [0.1, 0.15) is 18.4 Å². The van der Waals surface area contributed by atoms with Crippen LogP contribution in [0, 0.1) is 0 Å². The van der Waals surface area contributed by atoms with E-state index in [0.717, 1.165) is 36.1 Å². The largest absolute Gasteiger partial charge is 0.474 e. The zero-order valence-electron chi connectivity index (χ0n) is 8.79. The van der Waals surface area contributed by atoms with Crippen molar-refractivity contribution in [1.82, 2.24) is 4.98 Å². The fraction of sp³-hybridized carbons (Fsp3) is 0.545. The number of ether oxygens (including phenoxy) is 2. The molecule has 1 saturated heterocycles. The molecule has 0 atom stereocenters. The Labute approximate surface area is 108 Å². The van der Waals surface area contributed by atoms with Crippen LogP contribution in [0.15, 0.2) is 16.7 Å². The molecule has 5 heteroatoms. The standard InChI is InChI=1S/C11H13BrClNO2/c12-9-5-8(6-13)11(14-7-9)16-10-1-3-15-4-2-10/h5,7,10H,1-4,6H2. The molecule has 0 bridgehead atoms. The number of aromatic nitrogens is 1. The molecule has 1 aromatic heterocycles. The molecule has 1 aliphatic heterocycles. The van der Waals surface area contributed by atoms with Crippen molar-refractivity contribution in [2.45, 2.75) is 24.8 Å². The molecule has 0 spiro atoms. The number of rotatable bonds is 3. The Morgan fingerprint density at radius 3 is 2.94 bits per heavy atom. The Morgan fingerprint density at radius 2 is 2.25 bits per heavy atom. The van der Waals surface area contributed by atoms with Crippen molar-refractivity contribution < 1.29 is 9.47 Å². The van der Waals surface area contributed by atoms with Crippen molar-refractivity contribution in [2.75, 3.05) is 13.2 Å². The lowest BCUT2D eigenvalue weighted by Crippen LogP contribution is -2.26. The maximum Gasteiger partial charge on any atom is 0.218 e. The third-order valence-corrected chi connectivity index (χ3v) is 3.20. The average molecular weight is 307 g/mol. The highest BCUT2D eigenvalue weighted by molar-refractivity contribution is 9.10. The summed E-state index contributed by atoms with van der Waals surface area (Å²) in [4.78, 5) is 4.25. The molecular weight excluding hydrogens is 293 g/mol. The quantitative estimate of drug-likeness (QED) is 0.804. The Morgan fingerprint density at radius 1 is 1.50 bits per heavy atom. The van der Waals surface area contributed by atoms with E-state index < -0.39 is 0 Å². The third kappa shape index (κ3) is 3.09. The maximum atomic E-state index is 5.86. The fourth-order valence-electron chi connectivity index (χ4n) is 1.62. The normalized spacial score (nSPS) is 17.4. The number of nitrogens with zero attached hydrogens (tertiary/aromatic N) is 1. The van der Waals surface area contributed by atoms with Crippen LogP contribution >= 0.6 is 27.5 Å². The molecule has 0 saturated carbocycles. The Hall–Kier alpha value is -0.320. The minimum absolute atomic E-state index is 0.199. The molecule has 0 amide bonds. The summed E-state index contributed by atoms with van der Waals surface area (Å²) >= 11 is 9.22. The summed E-state index contributed by atoms with van der Waals surface area (Å²) in [7, 11) is 0. The molecule has 0 radical (unpaired) electrons. The summed E-state index contributed by atoms with van der Waals surface area (Å²) in [5.74, 6) is 1.05. The number of halogens is 2. The van der Waals surface area contributed by atoms with Crippen LogP contribution in [-0.4, -0.2) is 24.3 Å². The first-order chi connectivity index (χ1) is 7.79. The van der Waals surface area contributed by atoms with Gasteiger partial charge in [0.1, 0.15) is 6.10 Å². The lowest BCUT2D eigenvalue weighted by Gasteiger charge is -2.23. The van der Waals surface area contributed by atoms with Crippen LogP contribution in [0.2, 0.25) is 0 Å². The van der Waals surface area contributed by atoms with Gasteiger partial charge in [-0.25, -0.2) is 4.98 Å².